The second kappa shape index (κ2) is 9.32. The Bertz CT molecular complexity index is 1020. The lowest BCUT2D eigenvalue weighted by Crippen LogP contribution is -2.21. The van der Waals surface area contributed by atoms with Crippen LogP contribution in [0.15, 0.2) is 53.2 Å². The van der Waals surface area contributed by atoms with Gasteiger partial charge in [0.05, 0.1) is 20.0 Å². The predicted molar refractivity (Wildman–Crippen MR) is 116 cm³/mol. The van der Waals surface area contributed by atoms with Gasteiger partial charge in [0.25, 0.3) is 0 Å². The number of allylic oxidation sites excluding steroid dienone is 1. The van der Waals surface area contributed by atoms with Crippen LogP contribution in [0.1, 0.15) is 32.8 Å². The van der Waals surface area contributed by atoms with E-state index in [2.05, 4.69) is 5.32 Å². The van der Waals surface area contributed by atoms with Crippen molar-refractivity contribution in [1.82, 2.24) is 5.32 Å². The lowest BCUT2D eigenvalue weighted by Gasteiger charge is -2.10. The summed E-state index contributed by atoms with van der Waals surface area (Å²) in [5, 5.41) is 3.83. The van der Waals surface area contributed by atoms with Gasteiger partial charge in [-0.1, -0.05) is 19.1 Å². The van der Waals surface area contributed by atoms with Crippen LogP contribution in [0.3, 0.4) is 0 Å². The average Bonchev–Trinajstić information content (AvgIpc) is 3.15. The topological polar surface area (TPSA) is 60.7 Å². The van der Waals surface area contributed by atoms with Crippen molar-refractivity contribution in [2.45, 2.75) is 27.2 Å². The van der Waals surface area contributed by atoms with Crippen LogP contribution in [0, 0.1) is 0 Å². The zero-order valence-electron chi connectivity index (χ0n) is 17.4. The number of methoxy groups -OCH3 is 1. The molecule has 0 aliphatic heterocycles. The Kier molecular flexibility index (Phi) is 6.60. The van der Waals surface area contributed by atoms with E-state index in [0.717, 1.165) is 45.4 Å². The summed E-state index contributed by atoms with van der Waals surface area (Å²) in [7, 11) is 1.62. The van der Waals surface area contributed by atoms with E-state index in [-0.39, 0.29) is 5.91 Å². The van der Waals surface area contributed by atoms with Crippen molar-refractivity contribution < 1.29 is 18.7 Å². The Hall–Kier alpha value is -3.21. The van der Waals surface area contributed by atoms with Crippen LogP contribution < -0.4 is 14.8 Å². The molecule has 0 saturated carbocycles. The van der Waals surface area contributed by atoms with Gasteiger partial charge >= 0.3 is 0 Å². The van der Waals surface area contributed by atoms with E-state index in [1.165, 1.54) is 0 Å². The predicted octanol–water partition coefficient (Wildman–Crippen LogP) is 5.44. The number of hydrogen-bond acceptors (Lipinski definition) is 4. The number of fused-ring (bicyclic) bond motifs is 1. The van der Waals surface area contributed by atoms with Gasteiger partial charge in [0, 0.05) is 35.2 Å². The molecule has 0 saturated heterocycles. The summed E-state index contributed by atoms with van der Waals surface area (Å²) in [6, 6.07) is 11.8. The summed E-state index contributed by atoms with van der Waals surface area (Å²) in [5.41, 5.74) is 4.44. The Morgan fingerprint density at radius 2 is 1.93 bits per heavy atom. The Labute approximate surface area is 171 Å². The second-order valence-electron chi connectivity index (χ2n) is 6.77. The van der Waals surface area contributed by atoms with Crippen molar-refractivity contribution in [3.8, 4) is 22.6 Å². The number of amides is 1. The standard InChI is InChI=1S/C24H27NO4/c1-5-11-25-24(26)12-16(3)19-13-20-21(15-29-23(20)14-22(19)27-4)17-7-9-18(10-8-17)28-6-2/h7-10,12-15H,5-6,11H2,1-4H3,(H,25,26)/b16-12+. The first-order chi connectivity index (χ1) is 14.1. The Balaban J connectivity index is 2.02. The number of carbonyl (C=O) groups is 1. The molecule has 0 bridgehead atoms. The largest absolute Gasteiger partial charge is 0.496 e. The Morgan fingerprint density at radius 1 is 1.17 bits per heavy atom. The van der Waals surface area contributed by atoms with Gasteiger partial charge in [-0.25, -0.2) is 0 Å². The Morgan fingerprint density at radius 3 is 2.59 bits per heavy atom. The van der Waals surface area contributed by atoms with E-state index < -0.39 is 0 Å². The van der Waals surface area contributed by atoms with E-state index in [1.807, 2.05) is 57.2 Å². The third kappa shape index (κ3) is 4.62. The first kappa shape index (κ1) is 20.5. The number of ether oxygens (including phenoxy) is 2. The maximum absolute atomic E-state index is 12.1. The number of furan rings is 1. The maximum Gasteiger partial charge on any atom is 0.244 e. The van der Waals surface area contributed by atoms with Gasteiger partial charge in [-0.2, -0.15) is 0 Å². The number of rotatable bonds is 8. The summed E-state index contributed by atoms with van der Waals surface area (Å²) in [6.07, 6.45) is 4.25. The molecule has 0 unspecified atom stereocenters. The molecule has 0 radical (unpaired) electrons. The summed E-state index contributed by atoms with van der Waals surface area (Å²) >= 11 is 0. The molecule has 152 valence electrons. The van der Waals surface area contributed by atoms with E-state index in [1.54, 1.807) is 19.4 Å². The molecule has 29 heavy (non-hydrogen) atoms. The number of carbonyl (C=O) groups excluding carboxylic acids is 1. The molecule has 0 aliphatic carbocycles. The average molecular weight is 393 g/mol. The molecule has 0 aliphatic rings. The fraction of sp³-hybridized carbons (Fsp3) is 0.292. The van der Waals surface area contributed by atoms with Crippen LogP contribution in [-0.2, 0) is 4.79 Å². The molecule has 1 heterocycles. The first-order valence-corrected chi connectivity index (χ1v) is 9.86. The van der Waals surface area contributed by atoms with Crippen molar-refractivity contribution in [3.05, 3.63) is 54.3 Å². The van der Waals surface area contributed by atoms with Gasteiger partial charge in [-0.3, -0.25) is 4.79 Å². The normalized spacial score (nSPS) is 11.5. The molecule has 5 nitrogen and oxygen atoms in total. The molecule has 2 aromatic carbocycles. The van der Waals surface area contributed by atoms with Gasteiger partial charge in [0.1, 0.15) is 17.1 Å². The van der Waals surface area contributed by atoms with Crippen LogP contribution >= 0.6 is 0 Å². The quantitative estimate of drug-likeness (QED) is 0.518. The second-order valence-corrected chi connectivity index (χ2v) is 6.77. The summed E-state index contributed by atoms with van der Waals surface area (Å²) in [4.78, 5) is 12.1. The molecule has 1 amide bonds. The minimum Gasteiger partial charge on any atom is -0.496 e. The van der Waals surface area contributed by atoms with Crippen LogP contribution in [-0.4, -0.2) is 26.2 Å². The van der Waals surface area contributed by atoms with Gasteiger partial charge in [-0.05, 0) is 49.6 Å². The highest BCUT2D eigenvalue weighted by molar-refractivity contribution is 6.00. The minimum absolute atomic E-state index is 0.106. The van der Waals surface area contributed by atoms with Crippen molar-refractivity contribution in [3.63, 3.8) is 0 Å². The van der Waals surface area contributed by atoms with Crippen molar-refractivity contribution in [2.75, 3.05) is 20.3 Å². The van der Waals surface area contributed by atoms with Crippen LogP contribution in [0.5, 0.6) is 11.5 Å². The first-order valence-electron chi connectivity index (χ1n) is 9.86. The summed E-state index contributed by atoms with van der Waals surface area (Å²) in [5.74, 6) is 1.40. The highest BCUT2D eigenvalue weighted by Crippen LogP contribution is 2.37. The van der Waals surface area contributed by atoms with E-state index >= 15 is 0 Å². The molecular formula is C24H27NO4. The number of nitrogens with one attached hydrogen (secondary N) is 1. The maximum atomic E-state index is 12.1. The highest BCUT2D eigenvalue weighted by Gasteiger charge is 2.15. The van der Waals surface area contributed by atoms with Crippen LogP contribution in [0.2, 0.25) is 0 Å². The lowest BCUT2D eigenvalue weighted by atomic mass is 9.99. The highest BCUT2D eigenvalue weighted by atomic mass is 16.5. The fourth-order valence-electron chi connectivity index (χ4n) is 3.23. The van der Waals surface area contributed by atoms with Gasteiger partial charge < -0.3 is 19.2 Å². The summed E-state index contributed by atoms with van der Waals surface area (Å²) in [6.45, 7) is 7.18. The van der Waals surface area contributed by atoms with Crippen LogP contribution in [0.4, 0.5) is 0 Å². The molecule has 5 heteroatoms. The molecule has 0 atom stereocenters. The van der Waals surface area contributed by atoms with Crippen molar-refractivity contribution in [2.24, 2.45) is 0 Å². The van der Waals surface area contributed by atoms with Crippen LogP contribution in [0.25, 0.3) is 27.7 Å². The molecular weight excluding hydrogens is 366 g/mol. The summed E-state index contributed by atoms with van der Waals surface area (Å²) < 4.78 is 16.9. The number of benzene rings is 2. The van der Waals surface area contributed by atoms with E-state index in [9.17, 15) is 4.79 Å². The third-order valence-electron chi connectivity index (χ3n) is 4.69. The zero-order valence-corrected chi connectivity index (χ0v) is 17.4. The molecule has 3 aromatic rings. The number of hydrogen-bond donors (Lipinski definition) is 1. The van der Waals surface area contributed by atoms with E-state index in [4.69, 9.17) is 13.9 Å². The SMILES string of the molecule is CCCNC(=O)/C=C(\C)c1cc2c(-c3ccc(OCC)cc3)coc2cc1OC. The molecule has 0 spiro atoms. The lowest BCUT2D eigenvalue weighted by molar-refractivity contribution is -0.116. The molecule has 0 fully saturated rings. The zero-order chi connectivity index (χ0) is 20.8. The fourth-order valence-corrected chi connectivity index (χ4v) is 3.23. The van der Waals surface area contributed by atoms with Gasteiger partial charge in [0.2, 0.25) is 5.91 Å². The molecule has 1 aromatic heterocycles. The smallest absolute Gasteiger partial charge is 0.244 e. The molecule has 3 rings (SSSR count). The third-order valence-corrected chi connectivity index (χ3v) is 4.69. The van der Waals surface area contributed by atoms with Crippen molar-refractivity contribution >= 4 is 22.4 Å². The van der Waals surface area contributed by atoms with Gasteiger partial charge in [-0.15, -0.1) is 0 Å². The van der Waals surface area contributed by atoms with E-state index in [0.29, 0.717) is 18.9 Å². The van der Waals surface area contributed by atoms with Gasteiger partial charge in [0.15, 0.2) is 0 Å². The monoisotopic (exact) mass is 393 g/mol. The van der Waals surface area contributed by atoms with Crippen molar-refractivity contribution in [1.29, 1.82) is 0 Å². The molecule has 1 N–H and O–H groups in total. The minimum atomic E-state index is -0.106.